The molecule has 25 heavy (non-hydrogen) atoms. The maximum absolute atomic E-state index is 12.8. The Labute approximate surface area is 148 Å². The van der Waals surface area contributed by atoms with Gasteiger partial charge in [0.15, 0.2) is 0 Å². The fourth-order valence-corrected chi connectivity index (χ4v) is 3.19. The molecule has 5 nitrogen and oxygen atoms in total. The first-order valence-corrected chi connectivity index (χ1v) is 8.49. The fraction of sp³-hybridized carbons (Fsp3) is 0.167. The lowest BCUT2D eigenvalue weighted by molar-refractivity contribution is 0.193. The average molecular weight is 360 g/mol. The van der Waals surface area contributed by atoms with Gasteiger partial charge in [0, 0.05) is 16.3 Å². The third kappa shape index (κ3) is 4.68. The molecule has 130 valence electrons. The molecule has 2 aromatic heterocycles. The largest absolute Gasteiger partial charge is 0.466 e. The summed E-state index contributed by atoms with van der Waals surface area (Å²) in [4.78, 5) is 13.5. The van der Waals surface area contributed by atoms with Crippen LogP contribution in [0.15, 0.2) is 59.2 Å². The van der Waals surface area contributed by atoms with Gasteiger partial charge in [-0.25, -0.2) is 9.18 Å². The summed E-state index contributed by atoms with van der Waals surface area (Å²) in [6.45, 7) is 0.670. The number of carbonyl (C=O) groups is 1. The van der Waals surface area contributed by atoms with Gasteiger partial charge in [0.05, 0.1) is 12.8 Å². The van der Waals surface area contributed by atoms with Crippen LogP contribution in [-0.2, 0) is 13.1 Å². The summed E-state index contributed by atoms with van der Waals surface area (Å²) >= 11 is 1.40. The summed E-state index contributed by atoms with van der Waals surface area (Å²) in [5.74, 6) is 0.178. The minimum absolute atomic E-state index is 0.307. The van der Waals surface area contributed by atoms with Crippen LogP contribution >= 0.6 is 11.3 Å². The number of aliphatic hydroxyl groups is 1. The van der Waals surface area contributed by atoms with Gasteiger partial charge in [-0.2, -0.15) is 0 Å². The Bertz CT molecular complexity index is 815. The van der Waals surface area contributed by atoms with E-state index in [1.807, 2.05) is 12.1 Å². The zero-order chi connectivity index (χ0) is 17.6. The molecule has 1 unspecified atom stereocenters. The van der Waals surface area contributed by atoms with E-state index in [9.17, 15) is 14.3 Å². The highest BCUT2D eigenvalue weighted by Gasteiger charge is 2.15. The lowest BCUT2D eigenvalue weighted by atomic mass is 10.2. The number of benzene rings is 1. The molecule has 7 heteroatoms. The zero-order valence-corrected chi connectivity index (χ0v) is 14.1. The van der Waals surface area contributed by atoms with E-state index < -0.39 is 6.10 Å². The van der Waals surface area contributed by atoms with Crippen molar-refractivity contribution in [1.82, 2.24) is 10.6 Å². The maximum Gasteiger partial charge on any atom is 0.315 e. The van der Waals surface area contributed by atoms with Crippen LogP contribution in [0, 0.1) is 5.82 Å². The van der Waals surface area contributed by atoms with Crippen LogP contribution in [0.25, 0.3) is 0 Å². The van der Waals surface area contributed by atoms with E-state index >= 15 is 0 Å². The van der Waals surface area contributed by atoms with Crippen molar-refractivity contribution in [2.45, 2.75) is 19.2 Å². The summed E-state index contributed by atoms with van der Waals surface area (Å²) < 4.78 is 18.0. The summed E-state index contributed by atoms with van der Waals surface area (Å²) in [5, 5.41) is 15.6. The molecular formula is C18H17FN2O3S. The molecule has 2 amide bonds. The fourth-order valence-electron chi connectivity index (χ4n) is 2.24. The van der Waals surface area contributed by atoms with Gasteiger partial charge < -0.3 is 20.2 Å². The first-order valence-electron chi connectivity index (χ1n) is 7.68. The number of nitrogens with one attached hydrogen (secondary N) is 2. The molecule has 3 N–H and O–H groups in total. The van der Waals surface area contributed by atoms with Crippen molar-refractivity contribution in [1.29, 1.82) is 0 Å². The Morgan fingerprint density at radius 1 is 1.12 bits per heavy atom. The van der Waals surface area contributed by atoms with E-state index in [0.717, 1.165) is 15.3 Å². The standard InChI is InChI=1S/C18H17FN2O3S/c19-13-5-3-12(4-6-13)10-20-18(23)21-11-14-7-8-16(25-14)17(22)15-2-1-9-24-15/h1-9,17,22H,10-11H2,(H2,20,21,23). The Hall–Kier alpha value is -2.64. The second-order valence-electron chi connectivity index (χ2n) is 5.38. The molecular weight excluding hydrogens is 343 g/mol. The number of aliphatic hydroxyl groups excluding tert-OH is 1. The van der Waals surface area contributed by atoms with E-state index in [1.165, 1.54) is 29.7 Å². The Morgan fingerprint density at radius 2 is 1.88 bits per heavy atom. The second kappa shape index (κ2) is 7.96. The molecule has 1 aromatic carbocycles. The summed E-state index contributed by atoms with van der Waals surface area (Å²) in [6, 6.07) is 12.7. The number of carbonyl (C=O) groups excluding carboxylic acids is 1. The molecule has 0 bridgehead atoms. The van der Waals surface area contributed by atoms with E-state index in [4.69, 9.17) is 4.42 Å². The highest BCUT2D eigenvalue weighted by Crippen LogP contribution is 2.28. The van der Waals surface area contributed by atoms with Gasteiger partial charge in [-0.3, -0.25) is 0 Å². The van der Waals surface area contributed by atoms with Gasteiger partial charge in [-0.05, 0) is 42.0 Å². The second-order valence-corrected chi connectivity index (χ2v) is 6.58. The van der Waals surface area contributed by atoms with Gasteiger partial charge in [0.2, 0.25) is 0 Å². The average Bonchev–Trinajstić information content (AvgIpc) is 3.30. The van der Waals surface area contributed by atoms with Crippen LogP contribution in [0.3, 0.4) is 0 Å². The molecule has 1 atom stereocenters. The van der Waals surface area contributed by atoms with Crippen LogP contribution in [0.2, 0.25) is 0 Å². The zero-order valence-electron chi connectivity index (χ0n) is 13.2. The molecule has 3 aromatic rings. The van der Waals surface area contributed by atoms with Crippen molar-refractivity contribution in [3.63, 3.8) is 0 Å². The Kier molecular flexibility index (Phi) is 5.47. The first kappa shape index (κ1) is 17.2. The van der Waals surface area contributed by atoms with Crippen LogP contribution in [-0.4, -0.2) is 11.1 Å². The van der Waals surface area contributed by atoms with Gasteiger partial charge in [-0.1, -0.05) is 12.1 Å². The highest BCUT2D eigenvalue weighted by molar-refractivity contribution is 7.12. The topological polar surface area (TPSA) is 74.5 Å². The predicted molar refractivity (Wildman–Crippen MR) is 92.6 cm³/mol. The van der Waals surface area contributed by atoms with Crippen LogP contribution < -0.4 is 10.6 Å². The van der Waals surface area contributed by atoms with Gasteiger partial charge >= 0.3 is 6.03 Å². The number of hydrogen-bond donors (Lipinski definition) is 3. The van der Waals surface area contributed by atoms with Crippen LogP contribution in [0.4, 0.5) is 9.18 Å². The third-order valence-electron chi connectivity index (χ3n) is 3.55. The van der Waals surface area contributed by atoms with E-state index in [1.54, 1.807) is 24.3 Å². The summed E-state index contributed by atoms with van der Waals surface area (Å²) in [6.07, 6.45) is 0.709. The normalized spacial score (nSPS) is 11.9. The monoisotopic (exact) mass is 360 g/mol. The maximum atomic E-state index is 12.8. The minimum Gasteiger partial charge on any atom is -0.466 e. The van der Waals surface area contributed by atoms with Crippen molar-refractivity contribution in [3.05, 3.63) is 81.7 Å². The van der Waals surface area contributed by atoms with E-state index in [2.05, 4.69) is 10.6 Å². The number of urea groups is 1. The molecule has 0 aliphatic carbocycles. The molecule has 0 spiro atoms. The summed E-state index contributed by atoms with van der Waals surface area (Å²) in [5.41, 5.74) is 0.816. The molecule has 0 saturated carbocycles. The Balaban J connectivity index is 1.47. The lowest BCUT2D eigenvalue weighted by Crippen LogP contribution is -2.34. The summed E-state index contributed by atoms with van der Waals surface area (Å²) in [7, 11) is 0. The number of rotatable bonds is 6. The van der Waals surface area contributed by atoms with Crippen molar-refractivity contribution in [3.8, 4) is 0 Å². The number of amides is 2. The molecule has 3 rings (SSSR count). The van der Waals surface area contributed by atoms with Gasteiger partial charge in [-0.15, -0.1) is 11.3 Å². The van der Waals surface area contributed by atoms with Gasteiger partial charge in [0.25, 0.3) is 0 Å². The molecule has 0 saturated heterocycles. The first-order chi connectivity index (χ1) is 12.1. The predicted octanol–water partition coefficient (Wildman–Crippen LogP) is 3.56. The lowest BCUT2D eigenvalue weighted by Gasteiger charge is -2.07. The smallest absolute Gasteiger partial charge is 0.315 e. The Morgan fingerprint density at radius 3 is 2.60 bits per heavy atom. The van der Waals surface area contributed by atoms with E-state index in [-0.39, 0.29) is 11.8 Å². The van der Waals surface area contributed by atoms with Crippen LogP contribution in [0.1, 0.15) is 27.2 Å². The van der Waals surface area contributed by atoms with E-state index in [0.29, 0.717) is 18.8 Å². The van der Waals surface area contributed by atoms with Crippen molar-refractivity contribution < 1.29 is 18.7 Å². The quantitative estimate of drug-likeness (QED) is 0.629. The minimum atomic E-state index is -0.805. The van der Waals surface area contributed by atoms with Crippen molar-refractivity contribution in [2.24, 2.45) is 0 Å². The molecule has 0 aliphatic heterocycles. The number of hydrogen-bond acceptors (Lipinski definition) is 4. The molecule has 0 radical (unpaired) electrons. The highest BCUT2D eigenvalue weighted by atomic mass is 32.1. The third-order valence-corrected chi connectivity index (χ3v) is 4.69. The van der Waals surface area contributed by atoms with Crippen molar-refractivity contribution in [2.75, 3.05) is 0 Å². The molecule has 2 heterocycles. The number of halogens is 1. The number of thiophene rings is 1. The SMILES string of the molecule is O=C(NCc1ccc(F)cc1)NCc1ccc(C(O)c2ccco2)s1. The number of furan rings is 1. The van der Waals surface area contributed by atoms with Crippen molar-refractivity contribution >= 4 is 17.4 Å². The van der Waals surface area contributed by atoms with Crippen LogP contribution in [0.5, 0.6) is 0 Å². The molecule has 0 aliphatic rings. The van der Waals surface area contributed by atoms with Gasteiger partial charge in [0.1, 0.15) is 17.7 Å². The molecule has 0 fully saturated rings.